The number of carbonyl (C=O) groups is 2. The molecule has 1 atom stereocenters. The molecule has 0 radical (unpaired) electrons. The van der Waals surface area contributed by atoms with Gasteiger partial charge in [0.2, 0.25) is 5.91 Å². The molecule has 21 heavy (non-hydrogen) atoms. The normalized spacial score (nSPS) is 19.0. The van der Waals surface area contributed by atoms with Crippen molar-refractivity contribution >= 4 is 17.6 Å². The highest BCUT2D eigenvalue weighted by molar-refractivity contribution is 5.99. The summed E-state index contributed by atoms with van der Waals surface area (Å²) in [6.07, 6.45) is -4.52. The third kappa shape index (κ3) is 3.34. The summed E-state index contributed by atoms with van der Waals surface area (Å²) < 4.78 is 42.9. The van der Waals surface area contributed by atoms with E-state index in [0.717, 1.165) is 12.1 Å². The van der Waals surface area contributed by atoms with E-state index in [1.54, 1.807) is 6.92 Å². The lowest BCUT2D eigenvalue weighted by Gasteiger charge is -2.18. The van der Waals surface area contributed by atoms with Gasteiger partial charge in [0, 0.05) is 18.7 Å². The average Bonchev–Trinajstić information content (AvgIpc) is 2.80. The van der Waals surface area contributed by atoms with Gasteiger partial charge in [0.15, 0.2) is 0 Å². The highest BCUT2D eigenvalue weighted by atomic mass is 19.4. The largest absolute Gasteiger partial charge is 0.466 e. The molecule has 0 unspecified atom stereocenters. The number of rotatable bonds is 3. The van der Waals surface area contributed by atoms with E-state index < -0.39 is 23.6 Å². The van der Waals surface area contributed by atoms with E-state index in [4.69, 9.17) is 4.74 Å². The topological polar surface area (TPSA) is 46.6 Å². The monoisotopic (exact) mass is 301 g/mol. The van der Waals surface area contributed by atoms with Crippen LogP contribution in [0.2, 0.25) is 0 Å². The zero-order valence-corrected chi connectivity index (χ0v) is 11.3. The molecule has 114 valence electrons. The Morgan fingerprint density at radius 3 is 2.76 bits per heavy atom. The van der Waals surface area contributed by atoms with E-state index in [9.17, 15) is 22.8 Å². The number of nitrogens with zero attached hydrogens (tertiary/aromatic N) is 1. The molecular weight excluding hydrogens is 287 g/mol. The Morgan fingerprint density at radius 1 is 1.43 bits per heavy atom. The van der Waals surface area contributed by atoms with Crippen molar-refractivity contribution in [3.63, 3.8) is 0 Å². The predicted octanol–water partition coefficient (Wildman–Crippen LogP) is 2.62. The van der Waals surface area contributed by atoms with Crippen LogP contribution >= 0.6 is 0 Å². The molecule has 4 nitrogen and oxygen atoms in total. The molecule has 7 heteroatoms. The van der Waals surface area contributed by atoms with Crippen molar-refractivity contribution in [2.45, 2.75) is 19.5 Å². The van der Waals surface area contributed by atoms with Crippen LogP contribution in [0.15, 0.2) is 24.3 Å². The number of hydrogen-bond acceptors (Lipinski definition) is 3. The maximum Gasteiger partial charge on any atom is 0.416 e. The Labute approximate surface area is 119 Å². The highest BCUT2D eigenvalue weighted by Gasteiger charge is 2.37. The number of amides is 1. The summed E-state index contributed by atoms with van der Waals surface area (Å²) in [4.78, 5) is 24.7. The molecule has 0 N–H and O–H groups in total. The summed E-state index contributed by atoms with van der Waals surface area (Å²) in [7, 11) is 0. The van der Waals surface area contributed by atoms with E-state index in [1.165, 1.54) is 17.0 Å². The van der Waals surface area contributed by atoms with Crippen LogP contribution in [0.1, 0.15) is 18.9 Å². The van der Waals surface area contributed by atoms with Gasteiger partial charge < -0.3 is 9.64 Å². The molecule has 0 bridgehead atoms. The van der Waals surface area contributed by atoms with Crippen molar-refractivity contribution in [1.29, 1.82) is 0 Å². The van der Waals surface area contributed by atoms with Crippen LogP contribution in [-0.4, -0.2) is 25.0 Å². The number of halogens is 3. The maximum atomic E-state index is 12.7. The van der Waals surface area contributed by atoms with Gasteiger partial charge in [-0.15, -0.1) is 0 Å². The minimum atomic E-state index is -4.47. The van der Waals surface area contributed by atoms with E-state index in [2.05, 4.69) is 0 Å². The number of hydrogen-bond donors (Lipinski definition) is 0. The highest BCUT2D eigenvalue weighted by Crippen LogP contribution is 2.33. The van der Waals surface area contributed by atoms with Crippen LogP contribution in [0.4, 0.5) is 18.9 Å². The Bertz CT molecular complexity index is 557. The third-order valence-corrected chi connectivity index (χ3v) is 3.23. The fourth-order valence-corrected chi connectivity index (χ4v) is 2.23. The summed E-state index contributed by atoms with van der Waals surface area (Å²) in [5, 5.41) is 0. The van der Waals surface area contributed by atoms with E-state index >= 15 is 0 Å². The molecule has 0 saturated carbocycles. The van der Waals surface area contributed by atoms with E-state index in [1.807, 2.05) is 0 Å². The Kier molecular flexibility index (Phi) is 4.20. The van der Waals surface area contributed by atoms with E-state index in [-0.39, 0.29) is 31.2 Å². The lowest BCUT2D eigenvalue weighted by molar-refractivity contribution is -0.147. The SMILES string of the molecule is CCOC(=O)[C@H]1CC(=O)N(c2cccc(C(F)(F)F)c2)C1. The molecule has 1 aromatic rings. The molecule has 1 fully saturated rings. The first-order valence-electron chi connectivity index (χ1n) is 6.47. The van der Waals surface area contributed by atoms with Gasteiger partial charge in [-0.1, -0.05) is 6.07 Å². The minimum Gasteiger partial charge on any atom is -0.466 e. The van der Waals surface area contributed by atoms with E-state index in [0.29, 0.717) is 0 Å². The number of carbonyl (C=O) groups excluding carboxylic acids is 2. The smallest absolute Gasteiger partial charge is 0.416 e. The first-order chi connectivity index (χ1) is 9.82. The molecule has 1 heterocycles. The van der Waals surface area contributed by atoms with Gasteiger partial charge in [0.25, 0.3) is 0 Å². The summed E-state index contributed by atoms with van der Waals surface area (Å²) in [6, 6.07) is 4.50. The van der Waals surface area contributed by atoms with Crippen LogP contribution < -0.4 is 4.90 Å². The van der Waals surface area contributed by atoms with Crippen LogP contribution in [-0.2, 0) is 20.5 Å². The van der Waals surface area contributed by atoms with Crippen LogP contribution in [0.25, 0.3) is 0 Å². The number of benzene rings is 1. The molecule has 1 aliphatic heterocycles. The lowest BCUT2D eigenvalue weighted by Crippen LogP contribution is -2.26. The predicted molar refractivity (Wildman–Crippen MR) is 68.5 cm³/mol. The van der Waals surface area contributed by atoms with Crippen molar-refractivity contribution in [2.24, 2.45) is 5.92 Å². The van der Waals surface area contributed by atoms with Gasteiger partial charge in [-0.3, -0.25) is 9.59 Å². The second-order valence-corrected chi connectivity index (χ2v) is 4.71. The second-order valence-electron chi connectivity index (χ2n) is 4.71. The third-order valence-electron chi connectivity index (χ3n) is 3.23. The van der Waals surface area contributed by atoms with Gasteiger partial charge in [-0.25, -0.2) is 0 Å². The fraction of sp³-hybridized carbons (Fsp3) is 0.429. The van der Waals surface area contributed by atoms with Gasteiger partial charge in [-0.05, 0) is 25.1 Å². The summed E-state index contributed by atoms with van der Waals surface area (Å²) >= 11 is 0. The Balaban J connectivity index is 2.19. The molecule has 0 spiro atoms. The van der Waals surface area contributed by atoms with Gasteiger partial charge in [0.05, 0.1) is 18.1 Å². The molecule has 0 aliphatic carbocycles. The van der Waals surface area contributed by atoms with Crippen molar-refractivity contribution < 1.29 is 27.5 Å². The maximum absolute atomic E-state index is 12.7. The molecule has 1 saturated heterocycles. The van der Waals surface area contributed by atoms with Gasteiger partial charge in [-0.2, -0.15) is 13.2 Å². The number of ether oxygens (including phenoxy) is 1. The first-order valence-corrected chi connectivity index (χ1v) is 6.47. The average molecular weight is 301 g/mol. The fourth-order valence-electron chi connectivity index (χ4n) is 2.23. The van der Waals surface area contributed by atoms with Crippen LogP contribution in [0.5, 0.6) is 0 Å². The Morgan fingerprint density at radius 2 is 2.14 bits per heavy atom. The molecule has 1 aliphatic rings. The Hall–Kier alpha value is -2.05. The zero-order chi connectivity index (χ0) is 15.6. The number of anilines is 1. The molecule has 1 aromatic carbocycles. The van der Waals surface area contributed by atoms with Crippen molar-refractivity contribution in [2.75, 3.05) is 18.1 Å². The minimum absolute atomic E-state index is 0.0407. The number of alkyl halides is 3. The molecule has 0 aromatic heterocycles. The summed E-state index contributed by atoms with van der Waals surface area (Å²) in [5.74, 6) is -1.51. The van der Waals surface area contributed by atoms with Gasteiger partial charge >= 0.3 is 12.1 Å². The molecule has 1 amide bonds. The quantitative estimate of drug-likeness (QED) is 0.806. The summed E-state index contributed by atoms with van der Waals surface area (Å²) in [5.41, 5.74) is -0.686. The lowest BCUT2D eigenvalue weighted by atomic mass is 10.1. The van der Waals surface area contributed by atoms with Crippen molar-refractivity contribution in [3.05, 3.63) is 29.8 Å². The van der Waals surface area contributed by atoms with Crippen molar-refractivity contribution in [3.8, 4) is 0 Å². The van der Waals surface area contributed by atoms with Crippen LogP contribution in [0, 0.1) is 5.92 Å². The summed E-state index contributed by atoms with van der Waals surface area (Å²) in [6.45, 7) is 1.89. The number of esters is 1. The first kappa shape index (κ1) is 15.3. The molecule has 2 rings (SSSR count). The van der Waals surface area contributed by atoms with Crippen LogP contribution in [0.3, 0.4) is 0 Å². The second kappa shape index (κ2) is 5.75. The zero-order valence-electron chi connectivity index (χ0n) is 11.3. The molecular formula is C14H14F3NO3. The standard InChI is InChI=1S/C14H14F3NO3/c1-2-21-13(20)9-6-12(19)18(8-9)11-5-3-4-10(7-11)14(15,16)17/h3-5,7,9H,2,6,8H2,1H3/t9-/m0/s1. The van der Waals surface area contributed by atoms with Gasteiger partial charge in [0.1, 0.15) is 0 Å². The van der Waals surface area contributed by atoms with Crippen molar-refractivity contribution in [1.82, 2.24) is 0 Å².